The Morgan fingerprint density at radius 1 is 1.40 bits per heavy atom. The molecule has 1 aliphatic heterocycles. The van der Waals surface area contributed by atoms with E-state index in [9.17, 15) is 9.59 Å². The maximum atomic E-state index is 11.9. The third-order valence-corrected chi connectivity index (χ3v) is 3.20. The van der Waals surface area contributed by atoms with Gasteiger partial charge in [0.15, 0.2) is 5.79 Å². The Hall–Kier alpha value is -1.40. The minimum absolute atomic E-state index is 0.297. The Labute approximate surface area is 118 Å². The van der Waals surface area contributed by atoms with Crippen LogP contribution in [0.5, 0.6) is 0 Å². The van der Waals surface area contributed by atoms with Gasteiger partial charge in [-0.2, -0.15) is 0 Å². The molecule has 1 heterocycles. The summed E-state index contributed by atoms with van der Waals surface area (Å²) in [6, 6.07) is 0. The van der Waals surface area contributed by atoms with E-state index in [-0.39, 0.29) is 5.97 Å². The van der Waals surface area contributed by atoms with E-state index in [0.717, 1.165) is 0 Å². The summed E-state index contributed by atoms with van der Waals surface area (Å²) < 4.78 is 21.8. The van der Waals surface area contributed by atoms with Crippen LogP contribution < -0.4 is 0 Å². The van der Waals surface area contributed by atoms with Crippen LogP contribution in [0.3, 0.4) is 0 Å². The fourth-order valence-corrected chi connectivity index (χ4v) is 2.54. The monoisotopic (exact) mass is 284 g/mol. The van der Waals surface area contributed by atoms with E-state index in [4.69, 9.17) is 18.9 Å². The van der Waals surface area contributed by atoms with Crippen LogP contribution in [0.2, 0.25) is 0 Å². The summed E-state index contributed by atoms with van der Waals surface area (Å²) in [6.07, 6.45) is 0.615. The lowest BCUT2D eigenvalue weighted by Gasteiger charge is -2.29. The maximum absolute atomic E-state index is 11.9. The number of esters is 2. The molecule has 20 heavy (non-hydrogen) atoms. The van der Waals surface area contributed by atoms with Crippen molar-refractivity contribution in [2.24, 2.45) is 0 Å². The highest BCUT2D eigenvalue weighted by molar-refractivity contribution is 5.90. The van der Waals surface area contributed by atoms with Crippen LogP contribution in [-0.4, -0.2) is 42.6 Å². The lowest BCUT2D eigenvalue weighted by atomic mass is 9.91. The van der Waals surface area contributed by atoms with Crippen LogP contribution in [0, 0.1) is 0 Å². The van der Waals surface area contributed by atoms with Gasteiger partial charge in [-0.05, 0) is 20.8 Å². The van der Waals surface area contributed by atoms with Crippen molar-refractivity contribution in [3.8, 4) is 0 Å². The minimum atomic E-state index is -0.830. The van der Waals surface area contributed by atoms with Crippen molar-refractivity contribution in [1.29, 1.82) is 0 Å². The molecule has 6 nitrogen and oxygen atoms in total. The molecule has 0 aromatic rings. The Morgan fingerprint density at radius 2 is 2.10 bits per heavy atom. The van der Waals surface area contributed by atoms with Gasteiger partial charge < -0.3 is 18.9 Å². The first-order valence-electron chi connectivity index (χ1n) is 6.74. The first-order chi connectivity index (χ1) is 9.34. The molecule has 0 aromatic heterocycles. The zero-order valence-corrected chi connectivity index (χ0v) is 12.2. The Bertz CT molecular complexity index is 439. The standard InChI is InChI=1S/C14H20O6/c1-5-17-13(16)9-6-7-10(18-8(2)15)12-11(9)19-14(3,4)20-12/h6,10-12H,5,7H2,1-4H3/t10-,11+,12-/m1/s1. The summed E-state index contributed by atoms with van der Waals surface area (Å²) in [5, 5.41) is 0. The molecular weight excluding hydrogens is 264 g/mol. The summed E-state index contributed by atoms with van der Waals surface area (Å²) in [4.78, 5) is 23.1. The number of hydrogen-bond donors (Lipinski definition) is 0. The van der Waals surface area contributed by atoms with Crippen molar-refractivity contribution in [2.45, 2.75) is 58.2 Å². The maximum Gasteiger partial charge on any atom is 0.336 e. The first kappa shape index (κ1) is 15.0. The van der Waals surface area contributed by atoms with E-state index < -0.39 is 30.1 Å². The van der Waals surface area contributed by atoms with Gasteiger partial charge in [-0.1, -0.05) is 6.08 Å². The third-order valence-electron chi connectivity index (χ3n) is 3.20. The molecule has 1 saturated heterocycles. The van der Waals surface area contributed by atoms with Gasteiger partial charge in [-0.15, -0.1) is 0 Å². The van der Waals surface area contributed by atoms with Crippen LogP contribution in [-0.2, 0) is 28.5 Å². The number of fused-ring (bicyclic) bond motifs is 1. The van der Waals surface area contributed by atoms with E-state index in [1.807, 2.05) is 0 Å². The number of rotatable bonds is 3. The summed E-state index contributed by atoms with van der Waals surface area (Å²) in [7, 11) is 0. The lowest BCUT2D eigenvalue weighted by Crippen LogP contribution is -2.43. The molecule has 112 valence electrons. The van der Waals surface area contributed by atoms with Gasteiger partial charge in [0.25, 0.3) is 0 Å². The van der Waals surface area contributed by atoms with Crippen LogP contribution in [0.1, 0.15) is 34.1 Å². The average Bonchev–Trinajstić information content (AvgIpc) is 2.64. The average molecular weight is 284 g/mol. The summed E-state index contributed by atoms with van der Waals surface area (Å²) in [5.74, 6) is -1.62. The van der Waals surface area contributed by atoms with Gasteiger partial charge in [0.1, 0.15) is 18.3 Å². The normalized spacial score (nSPS) is 31.2. The van der Waals surface area contributed by atoms with Gasteiger partial charge in [0, 0.05) is 13.3 Å². The summed E-state index contributed by atoms with van der Waals surface area (Å²) >= 11 is 0. The second kappa shape index (κ2) is 5.54. The predicted molar refractivity (Wildman–Crippen MR) is 68.7 cm³/mol. The smallest absolute Gasteiger partial charge is 0.336 e. The number of carbonyl (C=O) groups is 2. The molecule has 0 amide bonds. The van der Waals surface area contributed by atoms with Gasteiger partial charge >= 0.3 is 11.9 Å². The fourth-order valence-electron chi connectivity index (χ4n) is 2.54. The molecule has 0 unspecified atom stereocenters. The lowest BCUT2D eigenvalue weighted by molar-refractivity contribution is -0.168. The van der Waals surface area contributed by atoms with Crippen molar-refractivity contribution in [3.63, 3.8) is 0 Å². The zero-order chi connectivity index (χ0) is 14.9. The van der Waals surface area contributed by atoms with E-state index in [1.54, 1.807) is 26.8 Å². The van der Waals surface area contributed by atoms with Crippen LogP contribution in [0.15, 0.2) is 11.6 Å². The van der Waals surface area contributed by atoms with Gasteiger partial charge in [-0.3, -0.25) is 4.79 Å². The van der Waals surface area contributed by atoms with Crippen LogP contribution in [0.4, 0.5) is 0 Å². The highest BCUT2D eigenvalue weighted by Gasteiger charge is 2.51. The topological polar surface area (TPSA) is 71.1 Å². The van der Waals surface area contributed by atoms with Crippen molar-refractivity contribution in [2.75, 3.05) is 6.61 Å². The largest absolute Gasteiger partial charge is 0.463 e. The van der Waals surface area contributed by atoms with Gasteiger partial charge in [-0.25, -0.2) is 4.79 Å². The second-order valence-corrected chi connectivity index (χ2v) is 5.28. The molecule has 3 atom stereocenters. The molecule has 2 rings (SSSR count). The Kier molecular flexibility index (Phi) is 4.15. The molecule has 1 aliphatic carbocycles. The predicted octanol–water partition coefficient (Wildman–Crippen LogP) is 1.33. The molecule has 1 fully saturated rings. The Morgan fingerprint density at radius 3 is 2.70 bits per heavy atom. The van der Waals surface area contributed by atoms with Crippen molar-refractivity contribution in [3.05, 3.63) is 11.6 Å². The molecule has 2 aliphatic rings. The number of hydrogen-bond acceptors (Lipinski definition) is 6. The third kappa shape index (κ3) is 3.02. The number of ether oxygens (including phenoxy) is 4. The summed E-state index contributed by atoms with van der Waals surface area (Å²) in [5.41, 5.74) is 0.436. The molecular formula is C14H20O6. The van der Waals surface area contributed by atoms with E-state index in [2.05, 4.69) is 0 Å². The minimum Gasteiger partial charge on any atom is -0.463 e. The molecule has 0 N–H and O–H groups in total. The first-order valence-corrected chi connectivity index (χ1v) is 6.74. The SMILES string of the molecule is CCOC(=O)C1=CC[C@@H](OC(C)=O)[C@H]2OC(C)(C)O[C@@H]12. The van der Waals surface area contributed by atoms with Gasteiger partial charge in [0.05, 0.1) is 12.2 Å². The molecule has 0 aromatic carbocycles. The summed E-state index contributed by atoms with van der Waals surface area (Å²) in [6.45, 7) is 6.92. The highest BCUT2D eigenvalue weighted by Crippen LogP contribution is 2.38. The van der Waals surface area contributed by atoms with Crippen molar-refractivity contribution in [1.82, 2.24) is 0 Å². The number of carbonyl (C=O) groups excluding carboxylic acids is 2. The van der Waals surface area contributed by atoms with E-state index in [1.165, 1.54) is 6.92 Å². The Balaban J connectivity index is 2.23. The van der Waals surface area contributed by atoms with Gasteiger partial charge in [0.2, 0.25) is 0 Å². The second-order valence-electron chi connectivity index (χ2n) is 5.28. The van der Waals surface area contributed by atoms with Crippen molar-refractivity contribution >= 4 is 11.9 Å². The molecule has 0 spiro atoms. The van der Waals surface area contributed by atoms with Crippen molar-refractivity contribution < 1.29 is 28.5 Å². The van der Waals surface area contributed by atoms with E-state index >= 15 is 0 Å². The highest BCUT2D eigenvalue weighted by atomic mass is 16.8. The van der Waals surface area contributed by atoms with Crippen LogP contribution in [0.25, 0.3) is 0 Å². The van der Waals surface area contributed by atoms with E-state index in [0.29, 0.717) is 18.6 Å². The molecule has 6 heteroatoms. The fraction of sp³-hybridized carbons (Fsp3) is 0.714. The molecule has 0 radical (unpaired) electrons. The van der Waals surface area contributed by atoms with Crippen LogP contribution >= 0.6 is 0 Å². The molecule has 0 bridgehead atoms. The zero-order valence-electron chi connectivity index (χ0n) is 12.2. The quantitative estimate of drug-likeness (QED) is 0.728. The molecule has 0 saturated carbocycles.